The Labute approximate surface area is 107 Å². The molecular formula is C13H20N2OS. The Morgan fingerprint density at radius 2 is 2.35 bits per heavy atom. The highest BCUT2D eigenvalue weighted by Crippen LogP contribution is 2.18. The van der Waals surface area contributed by atoms with Gasteiger partial charge in [0.15, 0.2) is 0 Å². The third-order valence-electron chi connectivity index (χ3n) is 3.46. The average molecular weight is 252 g/mol. The van der Waals surface area contributed by atoms with E-state index in [2.05, 4.69) is 24.1 Å². The van der Waals surface area contributed by atoms with Gasteiger partial charge in [-0.2, -0.15) is 0 Å². The lowest BCUT2D eigenvalue weighted by Crippen LogP contribution is -2.57. The fraction of sp³-hybridized carbons (Fsp3) is 0.615. The van der Waals surface area contributed by atoms with Crippen molar-refractivity contribution in [1.82, 2.24) is 10.2 Å². The number of hydrogen-bond donors (Lipinski definition) is 1. The van der Waals surface area contributed by atoms with Crippen LogP contribution in [-0.4, -0.2) is 36.0 Å². The van der Waals surface area contributed by atoms with Crippen molar-refractivity contribution < 1.29 is 4.79 Å². The summed E-state index contributed by atoms with van der Waals surface area (Å²) >= 11 is 1.53. The highest BCUT2D eigenvalue weighted by atomic mass is 32.1. The van der Waals surface area contributed by atoms with Crippen LogP contribution in [0.25, 0.3) is 0 Å². The molecule has 0 spiro atoms. The molecule has 1 aliphatic heterocycles. The summed E-state index contributed by atoms with van der Waals surface area (Å²) in [4.78, 5) is 15.3. The van der Waals surface area contributed by atoms with Gasteiger partial charge < -0.3 is 10.2 Å². The minimum Gasteiger partial charge on any atom is -0.332 e. The normalized spacial score (nSPS) is 24.9. The predicted octanol–water partition coefficient (Wildman–Crippen LogP) is 2.35. The molecule has 4 heteroatoms. The number of nitrogens with zero attached hydrogens (tertiary/aromatic N) is 1. The Bertz CT molecular complexity index is 364. The van der Waals surface area contributed by atoms with E-state index >= 15 is 0 Å². The largest absolute Gasteiger partial charge is 0.332 e. The molecule has 2 atom stereocenters. The van der Waals surface area contributed by atoms with Gasteiger partial charge in [0.25, 0.3) is 5.91 Å². The van der Waals surface area contributed by atoms with Gasteiger partial charge in [-0.15, -0.1) is 11.3 Å². The first-order valence-corrected chi connectivity index (χ1v) is 7.22. The summed E-state index contributed by atoms with van der Waals surface area (Å²) in [6.45, 7) is 6.07. The molecule has 1 N–H and O–H groups in total. The monoisotopic (exact) mass is 252 g/mol. The smallest absolute Gasteiger partial charge is 0.264 e. The van der Waals surface area contributed by atoms with Crippen LogP contribution in [0.15, 0.2) is 17.5 Å². The number of carbonyl (C=O) groups is 1. The van der Waals surface area contributed by atoms with Crippen molar-refractivity contribution in [3.05, 3.63) is 22.4 Å². The third-order valence-corrected chi connectivity index (χ3v) is 4.31. The van der Waals surface area contributed by atoms with Crippen molar-refractivity contribution in [3.8, 4) is 0 Å². The Kier molecular flexibility index (Phi) is 4.18. The van der Waals surface area contributed by atoms with Crippen LogP contribution < -0.4 is 5.32 Å². The summed E-state index contributed by atoms with van der Waals surface area (Å²) in [6.07, 6.45) is 2.09. The Morgan fingerprint density at radius 1 is 1.53 bits per heavy atom. The van der Waals surface area contributed by atoms with E-state index in [0.29, 0.717) is 12.1 Å². The molecule has 1 amide bonds. The van der Waals surface area contributed by atoms with Crippen LogP contribution in [-0.2, 0) is 0 Å². The van der Waals surface area contributed by atoms with E-state index in [9.17, 15) is 4.79 Å². The standard InChI is InChI=1S/C13H20N2OS/c1-3-10-9-15(11(4-2)8-14-10)13(16)12-6-5-7-17-12/h5-7,10-11,14H,3-4,8-9H2,1-2H3. The van der Waals surface area contributed by atoms with Gasteiger partial charge in [0, 0.05) is 25.2 Å². The average Bonchev–Trinajstić information content (AvgIpc) is 2.91. The summed E-state index contributed by atoms with van der Waals surface area (Å²) in [5, 5.41) is 5.48. The first-order chi connectivity index (χ1) is 8.26. The zero-order valence-electron chi connectivity index (χ0n) is 10.5. The quantitative estimate of drug-likeness (QED) is 0.895. The molecule has 2 unspecified atom stereocenters. The molecule has 0 radical (unpaired) electrons. The maximum atomic E-state index is 12.4. The predicted molar refractivity (Wildman–Crippen MR) is 71.5 cm³/mol. The first-order valence-electron chi connectivity index (χ1n) is 6.34. The molecule has 2 heterocycles. The molecule has 94 valence electrons. The maximum absolute atomic E-state index is 12.4. The summed E-state index contributed by atoms with van der Waals surface area (Å²) in [6, 6.07) is 4.65. The van der Waals surface area contributed by atoms with Gasteiger partial charge in [0.05, 0.1) is 4.88 Å². The van der Waals surface area contributed by atoms with E-state index in [1.807, 2.05) is 17.5 Å². The molecule has 0 bridgehead atoms. The van der Waals surface area contributed by atoms with Crippen LogP contribution in [0.3, 0.4) is 0 Å². The number of carbonyl (C=O) groups excluding carboxylic acids is 1. The van der Waals surface area contributed by atoms with Crippen LogP contribution in [0.1, 0.15) is 36.4 Å². The van der Waals surface area contributed by atoms with Crippen molar-refractivity contribution in [2.24, 2.45) is 0 Å². The van der Waals surface area contributed by atoms with Gasteiger partial charge in [-0.1, -0.05) is 19.9 Å². The van der Waals surface area contributed by atoms with E-state index in [4.69, 9.17) is 0 Å². The molecule has 1 fully saturated rings. The number of thiophene rings is 1. The van der Waals surface area contributed by atoms with Gasteiger partial charge in [-0.3, -0.25) is 4.79 Å². The lowest BCUT2D eigenvalue weighted by Gasteiger charge is -2.39. The summed E-state index contributed by atoms with van der Waals surface area (Å²) in [5.74, 6) is 0.201. The zero-order valence-corrected chi connectivity index (χ0v) is 11.3. The van der Waals surface area contributed by atoms with Gasteiger partial charge in [0.1, 0.15) is 0 Å². The Morgan fingerprint density at radius 3 is 2.94 bits per heavy atom. The van der Waals surface area contributed by atoms with E-state index in [1.54, 1.807) is 0 Å². The molecule has 0 saturated carbocycles. The van der Waals surface area contributed by atoms with Gasteiger partial charge >= 0.3 is 0 Å². The zero-order chi connectivity index (χ0) is 12.3. The fourth-order valence-corrected chi connectivity index (χ4v) is 2.97. The molecule has 0 aromatic carbocycles. The van der Waals surface area contributed by atoms with Crippen molar-refractivity contribution in [1.29, 1.82) is 0 Å². The van der Waals surface area contributed by atoms with E-state index in [1.165, 1.54) is 11.3 Å². The molecular weight excluding hydrogens is 232 g/mol. The SMILES string of the molecule is CCC1CN(C(=O)c2cccs2)C(CC)CN1. The highest BCUT2D eigenvalue weighted by molar-refractivity contribution is 7.12. The molecule has 1 aliphatic rings. The van der Waals surface area contributed by atoms with E-state index < -0.39 is 0 Å². The molecule has 1 aromatic heterocycles. The number of piperazine rings is 1. The minimum atomic E-state index is 0.201. The molecule has 0 aliphatic carbocycles. The van der Waals surface area contributed by atoms with Crippen LogP contribution >= 0.6 is 11.3 Å². The second-order valence-electron chi connectivity index (χ2n) is 4.51. The van der Waals surface area contributed by atoms with Gasteiger partial charge in [0.2, 0.25) is 0 Å². The van der Waals surface area contributed by atoms with Crippen molar-refractivity contribution in [3.63, 3.8) is 0 Å². The van der Waals surface area contributed by atoms with Crippen molar-refractivity contribution in [2.75, 3.05) is 13.1 Å². The molecule has 1 aromatic rings. The van der Waals surface area contributed by atoms with Crippen LogP contribution in [0.5, 0.6) is 0 Å². The molecule has 2 rings (SSSR count). The molecule has 17 heavy (non-hydrogen) atoms. The Balaban J connectivity index is 2.12. The summed E-state index contributed by atoms with van der Waals surface area (Å²) in [5.41, 5.74) is 0. The van der Waals surface area contributed by atoms with E-state index in [0.717, 1.165) is 30.8 Å². The van der Waals surface area contributed by atoms with Crippen molar-refractivity contribution >= 4 is 17.2 Å². The number of hydrogen-bond acceptors (Lipinski definition) is 3. The second-order valence-corrected chi connectivity index (χ2v) is 5.46. The first kappa shape index (κ1) is 12.6. The second kappa shape index (κ2) is 5.65. The number of nitrogens with one attached hydrogen (secondary N) is 1. The lowest BCUT2D eigenvalue weighted by atomic mass is 10.0. The van der Waals surface area contributed by atoms with Crippen molar-refractivity contribution in [2.45, 2.75) is 38.8 Å². The third kappa shape index (κ3) is 2.69. The summed E-state index contributed by atoms with van der Waals surface area (Å²) < 4.78 is 0. The minimum absolute atomic E-state index is 0.201. The maximum Gasteiger partial charge on any atom is 0.264 e. The number of amides is 1. The topological polar surface area (TPSA) is 32.3 Å². The van der Waals surface area contributed by atoms with E-state index in [-0.39, 0.29) is 5.91 Å². The van der Waals surface area contributed by atoms with Crippen LogP contribution in [0.2, 0.25) is 0 Å². The highest BCUT2D eigenvalue weighted by Gasteiger charge is 2.30. The molecule has 3 nitrogen and oxygen atoms in total. The molecule has 1 saturated heterocycles. The number of rotatable bonds is 3. The Hall–Kier alpha value is -0.870. The fourth-order valence-electron chi connectivity index (χ4n) is 2.29. The van der Waals surface area contributed by atoms with Gasteiger partial charge in [-0.25, -0.2) is 0 Å². The van der Waals surface area contributed by atoms with Crippen LogP contribution in [0.4, 0.5) is 0 Å². The van der Waals surface area contributed by atoms with Crippen LogP contribution in [0, 0.1) is 0 Å². The lowest BCUT2D eigenvalue weighted by molar-refractivity contribution is 0.0581. The summed E-state index contributed by atoms with van der Waals surface area (Å²) in [7, 11) is 0. The van der Waals surface area contributed by atoms with Gasteiger partial charge in [-0.05, 0) is 24.3 Å².